The summed E-state index contributed by atoms with van der Waals surface area (Å²) in [5, 5.41) is 76.9. The van der Waals surface area contributed by atoms with Crippen LogP contribution < -0.4 is 24.3 Å². The van der Waals surface area contributed by atoms with E-state index in [0.717, 1.165) is 0 Å². The molecule has 0 saturated carbocycles. The van der Waals surface area contributed by atoms with Crippen LogP contribution in [0.1, 0.15) is 10.4 Å². The minimum atomic E-state index is -1.77. The summed E-state index contributed by atoms with van der Waals surface area (Å²) in [4.78, 5) is 12.9. The number of nitrogens with one attached hydrogen (secondary N) is 1. The van der Waals surface area contributed by atoms with Crippen molar-refractivity contribution in [2.75, 3.05) is 32.4 Å². The zero-order valence-electron chi connectivity index (χ0n) is 23.6. The van der Waals surface area contributed by atoms with Gasteiger partial charge >= 0.3 is 0 Å². The molecule has 2 saturated heterocycles. The van der Waals surface area contributed by atoms with Crippen LogP contribution >= 0.6 is 0 Å². The van der Waals surface area contributed by atoms with Crippen LogP contribution in [0, 0.1) is 0 Å². The highest BCUT2D eigenvalue weighted by Gasteiger charge is 2.48. The van der Waals surface area contributed by atoms with E-state index in [1.165, 1.54) is 7.11 Å². The van der Waals surface area contributed by atoms with Gasteiger partial charge in [-0.25, -0.2) is 0 Å². The normalized spacial score (nSPS) is 33.9. The Bertz CT molecular complexity index is 1650. The number of hydrogen-bond donors (Lipinski definition) is 8. The predicted octanol–water partition coefficient (Wildman–Crippen LogP) is -1.70. The first kappa shape index (κ1) is 30.1. The first-order chi connectivity index (χ1) is 21.6. The van der Waals surface area contributed by atoms with Crippen LogP contribution in [0.4, 0.5) is 5.69 Å². The van der Waals surface area contributed by atoms with Gasteiger partial charge in [0.15, 0.2) is 23.5 Å². The maximum Gasteiger partial charge on any atom is 0.256 e. The third kappa shape index (κ3) is 4.65. The van der Waals surface area contributed by atoms with Crippen LogP contribution in [-0.4, -0.2) is 130 Å². The van der Waals surface area contributed by atoms with E-state index in [1.807, 2.05) is 0 Å². The van der Waals surface area contributed by atoms with E-state index in [4.69, 9.17) is 33.2 Å². The topological polar surface area (TPSA) is 235 Å². The maximum atomic E-state index is 12.9. The number of benzene rings is 3. The largest absolute Gasteiger partial charge is 0.494 e. The van der Waals surface area contributed by atoms with Gasteiger partial charge in [-0.15, -0.1) is 0 Å². The first-order valence-corrected chi connectivity index (χ1v) is 14.1. The number of rotatable bonds is 7. The van der Waals surface area contributed by atoms with E-state index in [2.05, 4.69) is 5.32 Å². The second-order valence-corrected chi connectivity index (χ2v) is 11.1. The molecule has 45 heavy (non-hydrogen) atoms. The van der Waals surface area contributed by atoms with E-state index in [1.54, 1.807) is 24.3 Å². The lowest BCUT2D eigenvalue weighted by molar-refractivity contribution is -0.323. The van der Waals surface area contributed by atoms with Gasteiger partial charge in [0.25, 0.3) is 5.91 Å². The summed E-state index contributed by atoms with van der Waals surface area (Å²) >= 11 is 0. The van der Waals surface area contributed by atoms with Crippen molar-refractivity contribution in [2.24, 2.45) is 0 Å². The van der Waals surface area contributed by atoms with Crippen LogP contribution in [0.25, 0.3) is 21.5 Å². The molecule has 0 bridgehead atoms. The summed E-state index contributed by atoms with van der Waals surface area (Å²) in [5.41, 5.74) is 0.752. The van der Waals surface area contributed by atoms with Crippen molar-refractivity contribution < 1.29 is 73.7 Å². The van der Waals surface area contributed by atoms with E-state index in [0.29, 0.717) is 44.3 Å². The predicted molar refractivity (Wildman–Crippen MR) is 149 cm³/mol. The van der Waals surface area contributed by atoms with Crippen molar-refractivity contribution in [1.82, 2.24) is 0 Å². The van der Waals surface area contributed by atoms with Crippen molar-refractivity contribution in [1.29, 1.82) is 0 Å². The summed E-state index contributed by atoms with van der Waals surface area (Å²) in [5.74, 6) is 0.836. The highest BCUT2D eigenvalue weighted by Crippen LogP contribution is 2.55. The van der Waals surface area contributed by atoms with E-state index in [9.17, 15) is 40.5 Å². The highest BCUT2D eigenvalue weighted by atomic mass is 16.7. The lowest BCUT2D eigenvalue weighted by Crippen LogP contribution is -2.62. The van der Waals surface area contributed by atoms with Gasteiger partial charge in [0.05, 0.1) is 37.0 Å². The average molecular weight is 634 g/mol. The molecule has 0 radical (unpaired) electrons. The van der Waals surface area contributed by atoms with E-state index < -0.39 is 74.6 Å². The lowest BCUT2D eigenvalue weighted by atomic mass is 9.95. The molecule has 0 unspecified atom stereocenters. The lowest BCUT2D eigenvalue weighted by Gasteiger charge is -2.42. The number of amides is 1. The van der Waals surface area contributed by atoms with Crippen molar-refractivity contribution in [3.8, 4) is 23.0 Å². The highest BCUT2D eigenvalue weighted by molar-refractivity contribution is 6.33. The number of hydrogen-bond acceptors (Lipinski definition) is 15. The molecule has 4 heterocycles. The number of anilines is 1. The molecule has 7 rings (SSSR count). The SMILES string of the molecule is COc1c2c3c(cc4c(c3c3cccc(O[C@@H]5O[C@H](CO[C@@H]6O[C@H](CO)[C@@H](O)[C@H](O)[C@H]6O)[C@@H](O)[C@H](O)[C@H]5O)c13)OCO4)C(=O)N2. The summed E-state index contributed by atoms with van der Waals surface area (Å²) in [7, 11) is 1.42. The summed E-state index contributed by atoms with van der Waals surface area (Å²) < 4.78 is 39.9. The number of aliphatic hydroxyl groups excluding tert-OH is 7. The van der Waals surface area contributed by atoms with Crippen molar-refractivity contribution in [3.63, 3.8) is 0 Å². The van der Waals surface area contributed by atoms with E-state index >= 15 is 0 Å². The second-order valence-electron chi connectivity index (χ2n) is 11.1. The van der Waals surface area contributed by atoms with Crippen LogP contribution in [0.3, 0.4) is 0 Å². The third-order valence-corrected chi connectivity index (χ3v) is 8.54. The number of carbonyl (C=O) groups is 1. The molecule has 0 aliphatic carbocycles. The van der Waals surface area contributed by atoms with Crippen LogP contribution in [0.2, 0.25) is 0 Å². The molecule has 1 amide bonds. The molecular weight excluding hydrogens is 602 g/mol. The van der Waals surface area contributed by atoms with Crippen LogP contribution in [0.15, 0.2) is 24.3 Å². The molecule has 8 N–H and O–H groups in total. The standard InChI is InChI=1S/C29H31NO15/c1-39-26-15-9(17-16-10(27(38)30-18(16)26)5-12-25(17)42-8-41-12)3-2-4-11(15)43-29-24(37)22(35)20(33)14(45-29)7-40-28-23(36)21(34)19(32)13(6-31)44-28/h2-5,13-14,19-24,28-29,31-37H,6-8H2,1H3,(H,30,38)/t13-,14-,19-,20-,21+,22+,23-,24-,28-,29-/m1/s1. The molecule has 4 aliphatic rings. The summed E-state index contributed by atoms with van der Waals surface area (Å²) in [6.07, 6.45) is -15.9. The van der Waals surface area contributed by atoms with E-state index in [-0.39, 0.29) is 24.2 Å². The maximum absolute atomic E-state index is 12.9. The molecule has 10 atom stereocenters. The molecule has 16 heteroatoms. The number of carbonyl (C=O) groups excluding carboxylic acids is 1. The molecule has 2 fully saturated rings. The Hall–Kier alpha value is -3.55. The average Bonchev–Trinajstić information content (AvgIpc) is 3.65. The van der Waals surface area contributed by atoms with Gasteiger partial charge in [0.1, 0.15) is 54.6 Å². The van der Waals surface area contributed by atoms with Crippen LogP contribution in [0.5, 0.6) is 23.0 Å². The second kappa shape index (κ2) is 11.4. The fraction of sp³-hybridized carbons (Fsp3) is 0.483. The Morgan fingerprint density at radius 2 is 1.58 bits per heavy atom. The summed E-state index contributed by atoms with van der Waals surface area (Å²) in [6.45, 7) is -1.24. The monoisotopic (exact) mass is 633 g/mol. The van der Waals surface area contributed by atoms with Crippen molar-refractivity contribution >= 4 is 33.1 Å². The first-order valence-electron chi connectivity index (χ1n) is 14.1. The molecule has 16 nitrogen and oxygen atoms in total. The van der Waals surface area contributed by atoms with Gasteiger partial charge < -0.3 is 74.2 Å². The number of ether oxygens (including phenoxy) is 7. The van der Waals surface area contributed by atoms with Gasteiger partial charge in [-0.3, -0.25) is 4.79 Å². The summed E-state index contributed by atoms with van der Waals surface area (Å²) in [6, 6.07) is 6.60. The van der Waals surface area contributed by atoms with Gasteiger partial charge in [0, 0.05) is 16.2 Å². The van der Waals surface area contributed by atoms with Crippen LogP contribution in [-0.2, 0) is 14.2 Å². The quantitative estimate of drug-likeness (QED) is 0.135. The third-order valence-electron chi connectivity index (χ3n) is 8.54. The number of methoxy groups -OCH3 is 1. The smallest absolute Gasteiger partial charge is 0.256 e. The zero-order valence-corrected chi connectivity index (χ0v) is 23.6. The Kier molecular flexibility index (Phi) is 7.60. The van der Waals surface area contributed by atoms with Gasteiger partial charge in [-0.2, -0.15) is 0 Å². The molecule has 242 valence electrons. The zero-order chi connectivity index (χ0) is 31.7. The van der Waals surface area contributed by atoms with Crippen molar-refractivity contribution in [2.45, 2.75) is 61.4 Å². The van der Waals surface area contributed by atoms with Gasteiger partial charge in [0.2, 0.25) is 13.1 Å². The molecule has 0 spiro atoms. The molecule has 3 aromatic rings. The molecular formula is C29H31NO15. The van der Waals surface area contributed by atoms with Gasteiger partial charge in [-0.05, 0) is 12.1 Å². The molecule has 3 aromatic carbocycles. The van der Waals surface area contributed by atoms with Gasteiger partial charge in [-0.1, -0.05) is 12.1 Å². The fourth-order valence-corrected chi connectivity index (χ4v) is 6.22. The minimum Gasteiger partial charge on any atom is -0.494 e. The van der Waals surface area contributed by atoms with Crippen molar-refractivity contribution in [3.05, 3.63) is 29.8 Å². The minimum absolute atomic E-state index is 0.0382. The molecule has 4 aliphatic heterocycles. The Labute approximate surface area is 253 Å². The molecule has 0 aromatic heterocycles. The fourth-order valence-electron chi connectivity index (χ4n) is 6.22. The Morgan fingerprint density at radius 1 is 0.867 bits per heavy atom. The Morgan fingerprint density at radius 3 is 2.31 bits per heavy atom. The number of aliphatic hydroxyl groups is 7. The Balaban J connectivity index is 1.21. The number of fused-ring (bicyclic) bond motifs is 4.